The molecule has 2 aromatic rings. The van der Waals surface area contributed by atoms with Crippen LogP contribution in [0.3, 0.4) is 0 Å². The number of halogens is 1. The summed E-state index contributed by atoms with van der Waals surface area (Å²) in [5, 5.41) is 2.70. The molecule has 0 atom stereocenters. The molecule has 0 bridgehead atoms. The van der Waals surface area contributed by atoms with Gasteiger partial charge in [-0.05, 0) is 24.3 Å². The van der Waals surface area contributed by atoms with E-state index in [4.69, 9.17) is 0 Å². The van der Waals surface area contributed by atoms with Crippen molar-refractivity contribution in [1.82, 2.24) is 14.9 Å². The van der Waals surface area contributed by atoms with Crippen molar-refractivity contribution < 1.29 is 14.0 Å². The maximum atomic E-state index is 12.8. The van der Waals surface area contributed by atoms with Gasteiger partial charge in [-0.25, -0.2) is 9.37 Å². The Morgan fingerprint density at radius 2 is 1.91 bits per heavy atom. The Morgan fingerprint density at radius 1 is 1.18 bits per heavy atom. The van der Waals surface area contributed by atoms with Crippen molar-refractivity contribution in [2.45, 2.75) is 0 Å². The summed E-state index contributed by atoms with van der Waals surface area (Å²) in [5.41, 5.74) is 0.796. The number of anilines is 1. The van der Waals surface area contributed by atoms with Crippen molar-refractivity contribution in [2.24, 2.45) is 5.92 Å². The van der Waals surface area contributed by atoms with E-state index in [9.17, 15) is 14.0 Å². The lowest BCUT2D eigenvalue weighted by atomic mass is 9.98. The number of rotatable bonds is 3. The molecule has 22 heavy (non-hydrogen) atoms. The number of carbonyl (C=O) groups excluding carboxylic acids is 2. The minimum Gasteiger partial charge on any atom is -0.336 e. The number of nitrogens with one attached hydrogen (secondary N) is 1. The molecule has 1 saturated heterocycles. The van der Waals surface area contributed by atoms with Crippen LogP contribution in [-0.2, 0) is 4.79 Å². The summed E-state index contributed by atoms with van der Waals surface area (Å²) in [7, 11) is 0. The average molecular weight is 300 g/mol. The van der Waals surface area contributed by atoms with E-state index < -0.39 is 0 Å². The molecule has 7 heteroatoms. The van der Waals surface area contributed by atoms with Crippen molar-refractivity contribution in [3.05, 3.63) is 54.4 Å². The molecule has 0 radical (unpaired) electrons. The lowest BCUT2D eigenvalue weighted by Crippen LogP contribution is -2.54. The third-order valence-electron chi connectivity index (χ3n) is 3.43. The number of likely N-dealkylation sites (tertiary alicyclic amines) is 1. The van der Waals surface area contributed by atoms with E-state index in [1.807, 2.05) is 0 Å². The van der Waals surface area contributed by atoms with Crippen molar-refractivity contribution >= 4 is 17.5 Å². The molecule has 0 spiro atoms. The number of hydrogen-bond donors (Lipinski definition) is 1. The first kappa shape index (κ1) is 14.1. The van der Waals surface area contributed by atoms with E-state index in [-0.39, 0.29) is 29.2 Å². The topological polar surface area (TPSA) is 75.2 Å². The number of benzene rings is 1. The van der Waals surface area contributed by atoms with Crippen molar-refractivity contribution in [2.75, 3.05) is 18.4 Å². The minimum atomic E-state index is -0.359. The maximum absolute atomic E-state index is 12.8. The van der Waals surface area contributed by atoms with Crippen LogP contribution in [0.15, 0.2) is 42.9 Å². The molecular weight excluding hydrogens is 287 g/mol. The Labute approximate surface area is 126 Å². The Morgan fingerprint density at radius 3 is 2.55 bits per heavy atom. The van der Waals surface area contributed by atoms with Crippen LogP contribution >= 0.6 is 0 Å². The molecule has 1 aromatic carbocycles. The van der Waals surface area contributed by atoms with Gasteiger partial charge in [-0.3, -0.25) is 14.6 Å². The lowest BCUT2D eigenvalue weighted by molar-refractivity contribution is -0.123. The maximum Gasteiger partial charge on any atom is 0.274 e. The first-order chi connectivity index (χ1) is 10.6. The molecule has 1 aromatic heterocycles. The Hall–Kier alpha value is -2.83. The van der Waals surface area contributed by atoms with Crippen LogP contribution in [0.25, 0.3) is 0 Å². The van der Waals surface area contributed by atoms with Gasteiger partial charge in [-0.2, -0.15) is 0 Å². The number of nitrogens with zero attached hydrogens (tertiary/aromatic N) is 3. The predicted molar refractivity (Wildman–Crippen MR) is 76.5 cm³/mol. The molecule has 2 heterocycles. The van der Waals surface area contributed by atoms with E-state index >= 15 is 0 Å². The summed E-state index contributed by atoms with van der Waals surface area (Å²) in [6, 6.07) is 5.54. The molecule has 0 aliphatic carbocycles. The van der Waals surface area contributed by atoms with Gasteiger partial charge in [-0.15, -0.1) is 0 Å². The normalized spacial score (nSPS) is 14.3. The van der Waals surface area contributed by atoms with Crippen LogP contribution in [0.2, 0.25) is 0 Å². The van der Waals surface area contributed by atoms with E-state index in [0.29, 0.717) is 18.8 Å². The summed E-state index contributed by atoms with van der Waals surface area (Å²) in [4.78, 5) is 33.4. The molecule has 1 N–H and O–H groups in total. The molecule has 1 fully saturated rings. The van der Waals surface area contributed by atoms with Gasteiger partial charge in [-0.1, -0.05) is 0 Å². The van der Waals surface area contributed by atoms with Crippen LogP contribution < -0.4 is 5.32 Å². The highest BCUT2D eigenvalue weighted by molar-refractivity contribution is 5.97. The first-order valence-electron chi connectivity index (χ1n) is 6.75. The second kappa shape index (κ2) is 5.88. The molecule has 3 rings (SSSR count). The lowest BCUT2D eigenvalue weighted by Gasteiger charge is -2.37. The van der Waals surface area contributed by atoms with Gasteiger partial charge in [0, 0.05) is 31.2 Å². The van der Waals surface area contributed by atoms with Crippen LogP contribution in [-0.4, -0.2) is 39.8 Å². The van der Waals surface area contributed by atoms with Crippen LogP contribution in [0.5, 0.6) is 0 Å². The third-order valence-corrected chi connectivity index (χ3v) is 3.43. The zero-order chi connectivity index (χ0) is 15.5. The van der Waals surface area contributed by atoms with E-state index in [1.165, 1.54) is 42.9 Å². The second-order valence-corrected chi connectivity index (χ2v) is 4.99. The largest absolute Gasteiger partial charge is 0.336 e. The number of aromatic nitrogens is 2. The highest BCUT2D eigenvalue weighted by Crippen LogP contribution is 2.20. The zero-order valence-corrected chi connectivity index (χ0v) is 11.6. The van der Waals surface area contributed by atoms with Crippen LogP contribution in [0, 0.1) is 11.7 Å². The second-order valence-electron chi connectivity index (χ2n) is 4.99. The van der Waals surface area contributed by atoms with Gasteiger partial charge in [0.2, 0.25) is 5.91 Å². The Bertz CT molecular complexity index is 684. The fourth-order valence-electron chi connectivity index (χ4n) is 2.16. The number of hydrogen-bond acceptors (Lipinski definition) is 4. The monoisotopic (exact) mass is 300 g/mol. The smallest absolute Gasteiger partial charge is 0.274 e. The summed E-state index contributed by atoms with van der Waals surface area (Å²) in [6.45, 7) is 0.671. The highest BCUT2D eigenvalue weighted by atomic mass is 19.1. The van der Waals surface area contributed by atoms with E-state index in [2.05, 4.69) is 15.3 Å². The van der Waals surface area contributed by atoms with Crippen molar-refractivity contribution in [3.63, 3.8) is 0 Å². The number of carbonyl (C=O) groups is 2. The molecule has 1 aliphatic heterocycles. The standard InChI is InChI=1S/C15H13FN4O2/c16-11-1-3-12(4-2-11)19-14(21)10-8-20(9-10)15(22)13-7-17-5-6-18-13/h1-7,10H,8-9H2,(H,19,21). The van der Waals surface area contributed by atoms with Gasteiger partial charge < -0.3 is 10.2 Å². The van der Waals surface area contributed by atoms with Gasteiger partial charge in [0.15, 0.2) is 0 Å². The van der Waals surface area contributed by atoms with Gasteiger partial charge in [0.05, 0.1) is 12.1 Å². The van der Waals surface area contributed by atoms with Gasteiger partial charge in [0.1, 0.15) is 11.5 Å². The molecule has 6 nitrogen and oxygen atoms in total. The molecular formula is C15H13FN4O2. The highest BCUT2D eigenvalue weighted by Gasteiger charge is 2.36. The van der Waals surface area contributed by atoms with Crippen molar-refractivity contribution in [3.8, 4) is 0 Å². The van der Waals surface area contributed by atoms with E-state index in [1.54, 1.807) is 4.90 Å². The minimum absolute atomic E-state index is 0.185. The summed E-state index contributed by atoms with van der Waals surface area (Å²) in [5.74, 6) is -1.05. The van der Waals surface area contributed by atoms with Gasteiger partial charge in [0.25, 0.3) is 5.91 Å². The zero-order valence-electron chi connectivity index (χ0n) is 11.6. The number of amides is 2. The summed E-state index contributed by atoms with van der Waals surface area (Å²) in [6.07, 6.45) is 4.34. The SMILES string of the molecule is O=C(Nc1ccc(F)cc1)C1CN(C(=O)c2cnccn2)C1. The molecule has 0 saturated carbocycles. The van der Waals surface area contributed by atoms with E-state index in [0.717, 1.165) is 0 Å². The fourth-order valence-corrected chi connectivity index (χ4v) is 2.16. The van der Waals surface area contributed by atoms with Crippen molar-refractivity contribution in [1.29, 1.82) is 0 Å². The first-order valence-corrected chi connectivity index (χ1v) is 6.75. The average Bonchev–Trinajstić information content (AvgIpc) is 2.49. The molecule has 112 valence electrons. The molecule has 2 amide bonds. The quantitative estimate of drug-likeness (QED) is 0.928. The fraction of sp³-hybridized carbons (Fsp3) is 0.200. The molecule has 1 aliphatic rings. The predicted octanol–water partition coefficient (Wildman–Crippen LogP) is 1.33. The third kappa shape index (κ3) is 2.93. The Balaban J connectivity index is 1.53. The summed E-state index contributed by atoms with van der Waals surface area (Å²) >= 11 is 0. The van der Waals surface area contributed by atoms with Crippen LogP contribution in [0.4, 0.5) is 10.1 Å². The molecule has 0 unspecified atom stereocenters. The Kier molecular flexibility index (Phi) is 3.78. The summed E-state index contributed by atoms with van der Waals surface area (Å²) < 4.78 is 12.8. The van der Waals surface area contributed by atoms with Gasteiger partial charge >= 0.3 is 0 Å². The van der Waals surface area contributed by atoms with Crippen LogP contribution in [0.1, 0.15) is 10.5 Å².